The molecule has 2 aromatic rings. The Bertz CT molecular complexity index is 726. The Hall–Kier alpha value is -2.21. The summed E-state index contributed by atoms with van der Waals surface area (Å²) in [6.07, 6.45) is 1.79. The highest BCUT2D eigenvalue weighted by Crippen LogP contribution is 2.14. The van der Waals surface area contributed by atoms with E-state index in [1.165, 1.54) is 6.07 Å². The largest absolute Gasteiger partial charge is 0.346 e. The van der Waals surface area contributed by atoms with Crippen LogP contribution in [0.4, 0.5) is 4.39 Å². The smallest absolute Gasteiger partial charge is 0.271 e. The van der Waals surface area contributed by atoms with Crippen LogP contribution in [-0.4, -0.2) is 33.4 Å². The molecule has 1 N–H and O–H groups in total. The van der Waals surface area contributed by atoms with E-state index in [2.05, 4.69) is 29.0 Å². The third kappa shape index (κ3) is 3.82. The number of amides is 1. The average molecular weight is 330 g/mol. The van der Waals surface area contributed by atoms with Crippen LogP contribution >= 0.6 is 0 Å². The second-order valence-electron chi connectivity index (χ2n) is 6.64. The van der Waals surface area contributed by atoms with E-state index in [0.29, 0.717) is 17.2 Å². The van der Waals surface area contributed by atoms with Crippen LogP contribution in [0.3, 0.4) is 0 Å². The third-order valence-electron chi connectivity index (χ3n) is 4.13. The molecule has 24 heavy (non-hydrogen) atoms. The van der Waals surface area contributed by atoms with Gasteiger partial charge in [0.05, 0.1) is 6.54 Å². The van der Waals surface area contributed by atoms with Crippen LogP contribution in [0.25, 0.3) is 0 Å². The molecule has 0 radical (unpaired) electrons. The third-order valence-corrected chi connectivity index (χ3v) is 4.13. The summed E-state index contributed by atoms with van der Waals surface area (Å²) in [5.41, 5.74) is 0.866. The van der Waals surface area contributed by atoms with Crippen LogP contribution in [0.2, 0.25) is 0 Å². The summed E-state index contributed by atoms with van der Waals surface area (Å²) in [4.78, 5) is 19.1. The van der Waals surface area contributed by atoms with Crippen molar-refractivity contribution in [1.82, 2.24) is 19.8 Å². The van der Waals surface area contributed by atoms with Gasteiger partial charge in [-0.1, -0.05) is 32.0 Å². The number of carbonyl (C=O) groups is 1. The number of halogens is 1. The van der Waals surface area contributed by atoms with E-state index in [0.717, 1.165) is 32.0 Å². The highest BCUT2D eigenvalue weighted by atomic mass is 19.1. The summed E-state index contributed by atoms with van der Waals surface area (Å²) in [5.74, 6) is 0.940. The zero-order valence-corrected chi connectivity index (χ0v) is 14.1. The van der Waals surface area contributed by atoms with E-state index in [4.69, 9.17) is 0 Å². The molecule has 1 aromatic carbocycles. The maximum atomic E-state index is 13.6. The molecule has 0 bridgehead atoms. The Morgan fingerprint density at radius 1 is 1.33 bits per heavy atom. The zero-order chi connectivity index (χ0) is 17.1. The van der Waals surface area contributed by atoms with E-state index in [1.807, 2.05) is 4.57 Å². The Balaban J connectivity index is 1.63. The fourth-order valence-electron chi connectivity index (χ4n) is 2.99. The molecular weight excluding hydrogens is 307 g/mol. The molecule has 3 rings (SSSR count). The first kappa shape index (κ1) is 16.6. The van der Waals surface area contributed by atoms with Crippen LogP contribution in [-0.2, 0) is 19.6 Å². The predicted octanol–water partition coefficient (Wildman–Crippen LogP) is 2.42. The fraction of sp³-hybridized carbons (Fsp3) is 0.444. The lowest BCUT2D eigenvalue weighted by Gasteiger charge is -2.28. The Morgan fingerprint density at radius 3 is 2.88 bits per heavy atom. The van der Waals surface area contributed by atoms with E-state index < -0.39 is 0 Å². The fourth-order valence-corrected chi connectivity index (χ4v) is 2.99. The maximum Gasteiger partial charge on any atom is 0.271 e. The monoisotopic (exact) mass is 330 g/mol. The quantitative estimate of drug-likeness (QED) is 0.916. The van der Waals surface area contributed by atoms with Gasteiger partial charge in [0.2, 0.25) is 0 Å². The average Bonchev–Trinajstić information content (AvgIpc) is 2.96. The molecule has 6 heteroatoms. The van der Waals surface area contributed by atoms with Gasteiger partial charge in [-0.3, -0.25) is 9.69 Å². The summed E-state index contributed by atoms with van der Waals surface area (Å²) < 4.78 is 15.6. The molecule has 1 aromatic heterocycles. The Labute approximate surface area is 141 Å². The van der Waals surface area contributed by atoms with E-state index >= 15 is 0 Å². The minimum Gasteiger partial charge on any atom is -0.346 e. The molecule has 1 aliphatic rings. The number of nitrogens with zero attached hydrogens (tertiary/aromatic N) is 3. The summed E-state index contributed by atoms with van der Waals surface area (Å²) in [6.45, 7) is 8.16. The van der Waals surface area contributed by atoms with Crippen molar-refractivity contribution in [2.45, 2.75) is 33.5 Å². The number of benzene rings is 1. The number of nitrogens with one attached hydrogen (secondary N) is 1. The second kappa shape index (κ2) is 7.13. The molecule has 1 amide bonds. The SMILES string of the molecule is CC(C)CN1CCn2cc(C(=O)NCc3ccccc3F)nc2C1. The van der Waals surface area contributed by atoms with Gasteiger partial charge in [0.25, 0.3) is 5.91 Å². The maximum absolute atomic E-state index is 13.6. The molecular formula is C18H23FN4O. The molecule has 0 spiro atoms. The van der Waals surface area contributed by atoms with Crippen molar-refractivity contribution in [1.29, 1.82) is 0 Å². The van der Waals surface area contributed by atoms with Crippen molar-refractivity contribution in [2.75, 3.05) is 13.1 Å². The van der Waals surface area contributed by atoms with Crippen molar-refractivity contribution < 1.29 is 9.18 Å². The van der Waals surface area contributed by atoms with Gasteiger partial charge in [-0.05, 0) is 12.0 Å². The van der Waals surface area contributed by atoms with Gasteiger partial charge in [-0.2, -0.15) is 0 Å². The molecule has 0 saturated heterocycles. The highest BCUT2D eigenvalue weighted by molar-refractivity contribution is 5.92. The molecule has 0 unspecified atom stereocenters. The van der Waals surface area contributed by atoms with Gasteiger partial charge in [-0.15, -0.1) is 0 Å². The van der Waals surface area contributed by atoms with Gasteiger partial charge in [-0.25, -0.2) is 9.37 Å². The highest BCUT2D eigenvalue weighted by Gasteiger charge is 2.21. The summed E-state index contributed by atoms with van der Waals surface area (Å²) in [5, 5.41) is 2.74. The minimum atomic E-state index is -0.314. The molecule has 0 saturated carbocycles. The normalized spacial score (nSPS) is 14.7. The molecule has 0 aliphatic carbocycles. The topological polar surface area (TPSA) is 50.2 Å². The molecule has 1 aliphatic heterocycles. The Morgan fingerprint density at radius 2 is 2.12 bits per heavy atom. The van der Waals surface area contributed by atoms with Crippen LogP contribution in [0.15, 0.2) is 30.5 Å². The van der Waals surface area contributed by atoms with Crippen molar-refractivity contribution in [2.24, 2.45) is 5.92 Å². The standard InChI is InChI=1S/C18H23FN4O/c1-13(2)10-22-7-8-23-11-16(21-17(23)12-22)18(24)20-9-14-5-3-4-6-15(14)19/h3-6,11,13H,7-10,12H2,1-2H3,(H,20,24). The molecule has 5 nitrogen and oxygen atoms in total. The number of fused-ring (bicyclic) bond motifs is 1. The molecule has 2 heterocycles. The summed E-state index contributed by atoms with van der Waals surface area (Å²) in [7, 11) is 0. The van der Waals surface area contributed by atoms with E-state index in [9.17, 15) is 9.18 Å². The van der Waals surface area contributed by atoms with E-state index in [1.54, 1.807) is 24.4 Å². The number of aromatic nitrogens is 2. The van der Waals surface area contributed by atoms with Gasteiger partial charge >= 0.3 is 0 Å². The first-order valence-electron chi connectivity index (χ1n) is 8.33. The van der Waals surface area contributed by atoms with Gasteiger partial charge < -0.3 is 9.88 Å². The van der Waals surface area contributed by atoms with Gasteiger partial charge in [0.1, 0.15) is 17.3 Å². The van der Waals surface area contributed by atoms with Crippen molar-refractivity contribution in [3.63, 3.8) is 0 Å². The number of carbonyl (C=O) groups excluding carboxylic acids is 1. The summed E-state index contributed by atoms with van der Waals surface area (Å²) >= 11 is 0. The number of imidazole rings is 1. The van der Waals surface area contributed by atoms with E-state index in [-0.39, 0.29) is 18.3 Å². The first-order valence-corrected chi connectivity index (χ1v) is 8.33. The van der Waals surface area contributed by atoms with Crippen LogP contribution in [0.5, 0.6) is 0 Å². The van der Waals surface area contributed by atoms with Gasteiger partial charge in [0, 0.05) is 37.9 Å². The number of rotatable bonds is 5. The predicted molar refractivity (Wildman–Crippen MR) is 89.9 cm³/mol. The number of hydrogen-bond acceptors (Lipinski definition) is 3. The van der Waals surface area contributed by atoms with Gasteiger partial charge in [0.15, 0.2) is 0 Å². The first-order chi connectivity index (χ1) is 11.5. The van der Waals surface area contributed by atoms with Crippen molar-refractivity contribution in [3.05, 3.63) is 53.4 Å². The lowest BCUT2D eigenvalue weighted by atomic mass is 10.2. The molecule has 128 valence electrons. The lowest BCUT2D eigenvalue weighted by molar-refractivity contribution is 0.0946. The Kier molecular flexibility index (Phi) is 4.94. The molecule has 0 fully saturated rings. The van der Waals surface area contributed by atoms with Crippen LogP contribution in [0.1, 0.15) is 35.7 Å². The van der Waals surface area contributed by atoms with Crippen LogP contribution < -0.4 is 5.32 Å². The number of hydrogen-bond donors (Lipinski definition) is 1. The van der Waals surface area contributed by atoms with Crippen molar-refractivity contribution >= 4 is 5.91 Å². The lowest BCUT2D eigenvalue weighted by Crippen LogP contribution is -2.35. The van der Waals surface area contributed by atoms with Crippen molar-refractivity contribution in [3.8, 4) is 0 Å². The second-order valence-corrected chi connectivity index (χ2v) is 6.64. The molecule has 0 atom stereocenters. The zero-order valence-electron chi connectivity index (χ0n) is 14.1. The van der Waals surface area contributed by atoms with Crippen LogP contribution in [0, 0.1) is 11.7 Å². The minimum absolute atomic E-state index is 0.160. The summed E-state index contributed by atoms with van der Waals surface area (Å²) in [6, 6.07) is 6.44.